The van der Waals surface area contributed by atoms with Gasteiger partial charge in [0.15, 0.2) is 11.6 Å². The van der Waals surface area contributed by atoms with Crippen molar-refractivity contribution in [2.75, 3.05) is 6.61 Å². The van der Waals surface area contributed by atoms with Crippen LogP contribution in [0.5, 0.6) is 5.75 Å². The molecule has 0 aromatic heterocycles. The summed E-state index contributed by atoms with van der Waals surface area (Å²) in [5.41, 5.74) is 5.00. The van der Waals surface area contributed by atoms with E-state index in [9.17, 15) is 8.78 Å². The van der Waals surface area contributed by atoms with E-state index in [4.69, 9.17) is 9.47 Å². The van der Waals surface area contributed by atoms with Crippen LogP contribution in [0.15, 0.2) is 60.7 Å². The molecule has 4 rings (SSSR count). The first-order valence-electron chi connectivity index (χ1n) is 12.0. The predicted molar refractivity (Wildman–Crippen MR) is 129 cm³/mol. The zero-order valence-corrected chi connectivity index (χ0v) is 19.5. The molecule has 2 unspecified atom stereocenters. The second-order valence-electron chi connectivity index (χ2n) is 8.72. The Morgan fingerprint density at radius 3 is 2.18 bits per heavy atom. The molecule has 0 saturated carbocycles. The van der Waals surface area contributed by atoms with Crippen molar-refractivity contribution < 1.29 is 18.3 Å². The van der Waals surface area contributed by atoms with Gasteiger partial charge in [-0.15, -0.1) is 0 Å². The highest BCUT2D eigenvalue weighted by Gasteiger charge is 2.25. The predicted octanol–water partition coefficient (Wildman–Crippen LogP) is 7.84. The third-order valence-corrected chi connectivity index (χ3v) is 6.40. The Morgan fingerprint density at radius 2 is 1.52 bits per heavy atom. The molecule has 33 heavy (non-hydrogen) atoms. The number of benzene rings is 3. The lowest BCUT2D eigenvalue weighted by Crippen LogP contribution is -2.05. The summed E-state index contributed by atoms with van der Waals surface area (Å²) >= 11 is 0. The summed E-state index contributed by atoms with van der Waals surface area (Å²) in [5.74, 6) is -1.75. The fourth-order valence-corrected chi connectivity index (χ4v) is 4.55. The third kappa shape index (κ3) is 5.62. The van der Waals surface area contributed by atoms with E-state index in [1.165, 1.54) is 18.1 Å². The molecule has 0 aliphatic carbocycles. The molecule has 0 spiro atoms. The maximum absolute atomic E-state index is 14.3. The van der Waals surface area contributed by atoms with Gasteiger partial charge in [-0.25, -0.2) is 4.39 Å². The van der Waals surface area contributed by atoms with Gasteiger partial charge >= 0.3 is 0 Å². The molecule has 1 aliphatic rings. The smallest absolute Gasteiger partial charge is 0.200 e. The molecular weight excluding hydrogens is 418 g/mol. The van der Waals surface area contributed by atoms with Gasteiger partial charge in [0.05, 0.1) is 18.8 Å². The molecule has 174 valence electrons. The van der Waals surface area contributed by atoms with Gasteiger partial charge in [-0.2, -0.15) is 4.39 Å². The lowest BCUT2D eigenvalue weighted by molar-refractivity contribution is 0.0397. The van der Waals surface area contributed by atoms with Crippen LogP contribution in [-0.2, 0) is 17.6 Å². The average Bonchev–Trinajstić information content (AvgIpc) is 3.31. The van der Waals surface area contributed by atoms with Gasteiger partial charge in [-0.3, -0.25) is 0 Å². The fourth-order valence-electron chi connectivity index (χ4n) is 4.55. The molecule has 0 N–H and O–H groups in total. The van der Waals surface area contributed by atoms with Crippen molar-refractivity contribution in [2.45, 2.75) is 64.6 Å². The SMILES string of the molecule is CCCC1CCC(c2ccc(-c3ccc(CCc4ccc(OCC)c(F)c4F)cc3)cc2)O1. The Labute approximate surface area is 195 Å². The minimum Gasteiger partial charge on any atom is -0.491 e. The summed E-state index contributed by atoms with van der Waals surface area (Å²) in [7, 11) is 0. The summed E-state index contributed by atoms with van der Waals surface area (Å²) in [6.45, 7) is 4.25. The van der Waals surface area contributed by atoms with Gasteiger partial charge in [-0.05, 0) is 72.9 Å². The number of ether oxygens (including phenoxy) is 2. The highest BCUT2D eigenvalue weighted by Crippen LogP contribution is 2.35. The number of halogens is 2. The van der Waals surface area contributed by atoms with Crippen molar-refractivity contribution in [3.05, 3.63) is 89.0 Å². The van der Waals surface area contributed by atoms with E-state index < -0.39 is 11.6 Å². The number of hydrogen-bond donors (Lipinski definition) is 0. The lowest BCUT2D eigenvalue weighted by atomic mass is 9.98. The van der Waals surface area contributed by atoms with Crippen LogP contribution in [-0.4, -0.2) is 12.7 Å². The van der Waals surface area contributed by atoms with Crippen LogP contribution in [0.25, 0.3) is 11.1 Å². The van der Waals surface area contributed by atoms with Crippen LogP contribution in [0.3, 0.4) is 0 Å². The summed E-state index contributed by atoms with van der Waals surface area (Å²) in [5, 5.41) is 0. The van der Waals surface area contributed by atoms with Gasteiger partial charge in [0.25, 0.3) is 0 Å². The summed E-state index contributed by atoms with van der Waals surface area (Å²) < 4.78 is 39.7. The van der Waals surface area contributed by atoms with E-state index in [-0.39, 0.29) is 11.9 Å². The second-order valence-corrected chi connectivity index (χ2v) is 8.72. The van der Waals surface area contributed by atoms with Crippen molar-refractivity contribution in [1.82, 2.24) is 0 Å². The minimum atomic E-state index is -0.906. The van der Waals surface area contributed by atoms with Gasteiger partial charge < -0.3 is 9.47 Å². The van der Waals surface area contributed by atoms with Crippen LogP contribution in [0.1, 0.15) is 62.3 Å². The van der Waals surface area contributed by atoms with E-state index in [2.05, 4.69) is 55.5 Å². The molecule has 0 amide bonds. The van der Waals surface area contributed by atoms with E-state index in [0.29, 0.717) is 31.1 Å². The molecule has 1 aliphatic heterocycles. The first-order valence-corrected chi connectivity index (χ1v) is 12.0. The van der Waals surface area contributed by atoms with E-state index in [0.717, 1.165) is 36.0 Å². The molecule has 0 bridgehead atoms. The molecule has 1 fully saturated rings. The topological polar surface area (TPSA) is 18.5 Å². The summed E-state index contributed by atoms with van der Waals surface area (Å²) in [6, 6.07) is 20.0. The first kappa shape index (κ1) is 23.4. The Bertz CT molecular complexity index is 1040. The first-order chi connectivity index (χ1) is 16.1. The third-order valence-electron chi connectivity index (χ3n) is 6.40. The van der Waals surface area contributed by atoms with Gasteiger partial charge in [0.1, 0.15) is 0 Å². The molecule has 3 aromatic carbocycles. The molecule has 1 saturated heterocycles. The Balaban J connectivity index is 1.36. The fraction of sp³-hybridized carbons (Fsp3) is 0.379. The highest BCUT2D eigenvalue weighted by atomic mass is 19.2. The standard InChI is InChI=1S/C29H32F2O2/c1-3-5-25-17-19-26(33-25)23-14-12-22(13-15-23)21-9-6-20(7-10-21)8-11-24-16-18-27(32-4-2)29(31)28(24)30/h6-7,9-10,12-16,18,25-26H,3-5,8,11,17,19H2,1-2H3. The largest absolute Gasteiger partial charge is 0.491 e. The Kier molecular flexibility index (Phi) is 7.77. The molecule has 0 radical (unpaired) electrons. The quantitative estimate of drug-likeness (QED) is 0.331. The van der Waals surface area contributed by atoms with Crippen molar-refractivity contribution in [1.29, 1.82) is 0 Å². The second kappa shape index (κ2) is 10.9. The van der Waals surface area contributed by atoms with Crippen molar-refractivity contribution in [2.24, 2.45) is 0 Å². The molecule has 1 heterocycles. The van der Waals surface area contributed by atoms with Crippen molar-refractivity contribution in [3.8, 4) is 16.9 Å². The van der Waals surface area contributed by atoms with Gasteiger partial charge in [0, 0.05) is 0 Å². The molecule has 4 heteroatoms. The maximum atomic E-state index is 14.3. The van der Waals surface area contributed by atoms with Gasteiger partial charge in [0.2, 0.25) is 5.82 Å². The molecule has 2 nitrogen and oxygen atoms in total. The van der Waals surface area contributed by atoms with Crippen LogP contribution < -0.4 is 4.74 Å². The number of aryl methyl sites for hydroxylation is 2. The average molecular weight is 451 g/mol. The van der Waals surface area contributed by atoms with Crippen molar-refractivity contribution in [3.63, 3.8) is 0 Å². The monoisotopic (exact) mass is 450 g/mol. The lowest BCUT2D eigenvalue weighted by Gasteiger charge is -2.14. The zero-order valence-electron chi connectivity index (χ0n) is 19.5. The van der Waals surface area contributed by atoms with Crippen LogP contribution in [0, 0.1) is 11.6 Å². The van der Waals surface area contributed by atoms with E-state index >= 15 is 0 Å². The molecule has 3 aromatic rings. The summed E-state index contributed by atoms with van der Waals surface area (Å²) in [6.07, 6.45) is 6.24. The Morgan fingerprint density at radius 1 is 0.818 bits per heavy atom. The minimum absolute atomic E-state index is 0.0330. The van der Waals surface area contributed by atoms with E-state index in [1.54, 1.807) is 13.0 Å². The highest BCUT2D eigenvalue weighted by molar-refractivity contribution is 5.64. The molecular formula is C29H32F2O2. The summed E-state index contributed by atoms with van der Waals surface area (Å²) in [4.78, 5) is 0. The van der Waals surface area contributed by atoms with Crippen LogP contribution in [0.4, 0.5) is 8.78 Å². The Hall–Kier alpha value is -2.72. The maximum Gasteiger partial charge on any atom is 0.200 e. The van der Waals surface area contributed by atoms with Crippen molar-refractivity contribution >= 4 is 0 Å². The number of rotatable bonds is 9. The zero-order chi connectivity index (χ0) is 23.2. The van der Waals surface area contributed by atoms with Crippen LogP contribution in [0.2, 0.25) is 0 Å². The van der Waals surface area contributed by atoms with Crippen LogP contribution >= 0.6 is 0 Å². The number of hydrogen-bond acceptors (Lipinski definition) is 2. The van der Waals surface area contributed by atoms with E-state index in [1.807, 2.05) is 0 Å². The molecule has 2 atom stereocenters. The van der Waals surface area contributed by atoms with Gasteiger partial charge in [-0.1, -0.05) is 67.9 Å². The normalized spacial score (nSPS) is 17.9.